The molecule has 0 spiro atoms. The molecular weight excluding hydrogens is 478 g/mol. The van der Waals surface area contributed by atoms with Gasteiger partial charge in [0.15, 0.2) is 17.6 Å². The molecule has 190 valence electrons. The van der Waals surface area contributed by atoms with Gasteiger partial charge in [0, 0.05) is 24.8 Å². The molecule has 1 aliphatic rings. The number of amides is 1. The lowest BCUT2D eigenvalue weighted by Gasteiger charge is -2.27. The van der Waals surface area contributed by atoms with Crippen molar-refractivity contribution in [2.24, 2.45) is 0 Å². The van der Waals surface area contributed by atoms with Crippen LogP contribution in [-0.4, -0.2) is 62.2 Å². The number of hydrogen-bond donors (Lipinski definition) is 3. The smallest absolute Gasteiger partial charge is 0.412 e. The van der Waals surface area contributed by atoms with Crippen LogP contribution in [0.5, 0.6) is 17.2 Å². The van der Waals surface area contributed by atoms with Crippen molar-refractivity contribution < 1.29 is 43.1 Å². The zero-order chi connectivity index (χ0) is 25.0. The fourth-order valence-corrected chi connectivity index (χ4v) is 3.50. The van der Waals surface area contributed by atoms with Crippen molar-refractivity contribution in [2.45, 2.75) is 25.6 Å². The number of carbonyl (C=O) groups excluding carboxylic acids is 2. The topological polar surface area (TPSA) is 122 Å². The standard InChI is InChI=1S/C24H29NO9S/c1-2-29-20(8-10-31-22(27)14-35)23(16-4-3-5-18(12-16)30-11-9-26)34-24(28)25-17-6-7-19-21(13-17)33-15-32-19/h3-7,12-13,20,23,26,35H,2,8-11,14-15H2,1H3,(H,25,28)/t20-,23-/m0/s1. The van der Waals surface area contributed by atoms with E-state index in [4.69, 9.17) is 33.5 Å². The van der Waals surface area contributed by atoms with Crippen LogP contribution in [0.1, 0.15) is 25.0 Å². The third-order valence-electron chi connectivity index (χ3n) is 4.91. The maximum Gasteiger partial charge on any atom is 0.412 e. The molecule has 0 saturated heterocycles. The van der Waals surface area contributed by atoms with E-state index in [1.54, 1.807) is 42.5 Å². The van der Waals surface area contributed by atoms with E-state index in [9.17, 15) is 9.59 Å². The van der Waals surface area contributed by atoms with Crippen molar-refractivity contribution >= 4 is 30.4 Å². The highest BCUT2D eigenvalue weighted by Gasteiger charge is 2.29. The summed E-state index contributed by atoms with van der Waals surface area (Å²) < 4.78 is 33.0. The van der Waals surface area contributed by atoms with Gasteiger partial charge in [-0.1, -0.05) is 12.1 Å². The van der Waals surface area contributed by atoms with Gasteiger partial charge in [-0.05, 0) is 36.8 Å². The second-order valence-corrected chi connectivity index (χ2v) is 7.64. The summed E-state index contributed by atoms with van der Waals surface area (Å²) in [5, 5.41) is 11.7. The third-order valence-corrected chi connectivity index (χ3v) is 5.17. The molecule has 11 heteroatoms. The fraction of sp³-hybridized carbons (Fsp3) is 0.417. The molecule has 0 saturated carbocycles. The predicted octanol–water partition coefficient (Wildman–Crippen LogP) is 3.34. The van der Waals surface area contributed by atoms with Gasteiger partial charge >= 0.3 is 12.1 Å². The molecule has 35 heavy (non-hydrogen) atoms. The van der Waals surface area contributed by atoms with Crippen LogP contribution >= 0.6 is 12.6 Å². The molecule has 0 aliphatic carbocycles. The van der Waals surface area contributed by atoms with Crippen molar-refractivity contribution in [3.8, 4) is 17.2 Å². The molecule has 0 radical (unpaired) electrons. The summed E-state index contributed by atoms with van der Waals surface area (Å²) in [7, 11) is 0. The molecule has 0 unspecified atom stereocenters. The highest BCUT2D eigenvalue weighted by Crippen LogP contribution is 2.35. The molecule has 2 aromatic carbocycles. The molecular formula is C24H29NO9S. The molecule has 1 aliphatic heterocycles. The highest BCUT2D eigenvalue weighted by atomic mass is 32.1. The summed E-state index contributed by atoms with van der Waals surface area (Å²) in [5.41, 5.74) is 1.08. The van der Waals surface area contributed by atoms with Gasteiger partial charge in [0.25, 0.3) is 0 Å². The SMILES string of the molecule is CCO[C@@H](CCOC(=O)CS)[C@@H](OC(=O)Nc1ccc2c(c1)OCO2)c1cccc(OCCO)c1. The van der Waals surface area contributed by atoms with Crippen LogP contribution in [0.25, 0.3) is 0 Å². The Hall–Kier alpha value is -3.15. The average Bonchev–Trinajstić information content (AvgIpc) is 3.33. The Balaban J connectivity index is 1.78. The van der Waals surface area contributed by atoms with Crippen molar-refractivity contribution in [3.63, 3.8) is 0 Å². The van der Waals surface area contributed by atoms with E-state index in [1.807, 2.05) is 6.92 Å². The summed E-state index contributed by atoms with van der Waals surface area (Å²) in [6, 6.07) is 12.0. The maximum absolute atomic E-state index is 12.9. The zero-order valence-corrected chi connectivity index (χ0v) is 20.2. The molecule has 10 nitrogen and oxygen atoms in total. The summed E-state index contributed by atoms with van der Waals surface area (Å²) in [6.45, 7) is 2.32. The van der Waals surface area contributed by atoms with Gasteiger partial charge < -0.3 is 33.5 Å². The Bertz CT molecular complexity index is 987. The van der Waals surface area contributed by atoms with Gasteiger partial charge in [-0.3, -0.25) is 10.1 Å². The average molecular weight is 508 g/mol. The van der Waals surface area contributed by atoms with E-state index < -0.39 is 24.3 Å². The number of esters is 1. The minimum atomic E-state index is -0.851. The van der Waals surface area contributed by atoms with Crippen LogP contribution < -0.4 is 19.5 Å². The number of benzene rings is 2. The van der Waals surface area contributed by atoms with Crippen LogP contribution in [0.4, 0.5) is 10.5 Å². The van der Waals surface area contributed by atoms with Gasteiger partial charge in [-0.2, -0.15) is 12.6 Å². The molecule has 2 N–H and O–H groups in total. The normalized spacial score (nSPS) is 13.6. The van der Waals surface area contributed by atoms with Crippen molar-refractivity contribution in [2.75, 3.05) is 44.3 Å². The first-order chi connectivity index (χ1) is 17.0. The van der Waals surface area contributed by atoms with Crippen LogP contribution in [0.3, 0.4) is 0 Å². The largest absolute Gasteiger partial charge is 0.491 e. The van der Waals surface area contributed by atoms with Gasteiger partial charge in [-0.25, -0.2) is 4.79 Å². The first-order valence-electron chi connectivity index (χ1n) is 11.1. The third kappa shape index (κ3) is 7.94. The molecule has 2 atom stereocenters. The number of hydrogen-bond acceptors (Lipinski definition) is 10. The van der Waals surface area contributed by atoms with Crippen molar-refractivity contribution in [3.05, 3.63) is 48.0 Å². The Morgan fingerprint density at radius 3 is 2.74 bits per heavy atom. The first kappa shape index (κ1) is 26.5. The molecule has 2 aromatic rings. The molecule has 3 rings (SSSR count). The lowest BCUT2D eigenvalue weighted by atomic mass is 10.0. The summed E-state index contributed by atoms with van der Waals surface area (Å²) in [4.78, 5) is 24.4. The number of thiol groups is 1. The summed E-state index contributed by atoms with van der Waals surface area (Å²) >= 11 is 3.90. The highest BCUT2D eigenvalue weighted by molar-refractivity contribution is 7.81. The predicted molar refractivity (Wildman–Crippen MR) is 129 cm³/mol. The molecule has 0 fully saturated rings. The number of aliphatic hydroxyl groups is 1. The number of carbonyl (C=O) groups is 2. The van der Waals surface area contributed by atoms with Crippen molar-refractivity contribution in [1.29, 1.82) is 0 Å². The second kappa shape index (κ2) is 13.7. The Morgan fingerprint density at radius 1 is 1.14 bits per heavy atom. The van der Waals surface area contributed by atoms with Crippen molar-refractivity contribution in [1.82, 2.24) is 0 Å². The number of aliphatic hydroxyl groups excluding tert-OH is 1. The van der Waals surface area contributed by atoms with Gasteiger partial charge in [0.05, 0.1) is 19.0 Å². The van der Waals surface area contributed by atoms with E-state index in [0.29, 0.717) is 35.1 Å². The lowest BCUT2D eigenvalue weighted by Crippen LogP contribution is -2.30. The quantitative estimate of drug-likeness (QED) is 0.277. The number of fused-ring (bicyclic) bond motifs is 1. The molecule has 1 heterocycles. The summed E-state index contributed by atoms with van der Waals surface area (Å²) in [6.07, 6.45) is -1.91. The van der Waals surface area contributed by atoms with E-state index in [0.717, 1.165) is 0 Å². The van der Waals surface area contributed by atoms with Crippen LogP contribution in [0, 0.1) is 0 Å². The summed E-state index contributed by atoms with van der Waals surface area (Å²) in [5.74, 6) is 1.11. The van der Waals surface area contributed by atoms with E-state index in [-0.39, 0.29) is 38.8 Å². The fourth-order valence-electron chi connectivity index (χ4n) is 3.41. The second-order valence-electron chi connectivity index (χ2n) is 7.32. The van der Waals surface area contributed by atoms with Crippen LogP contribution in [0.2, 0.25) is 0 Å². The first-order valence-corrected chi connectivity index (χ1v) is 11.8. The molecule has 0 bridgehead atoms. The number of rotatable bonds is 13. The number of anilines is 1. The van der Waals surface area contributed by atoms with Gasteiger partial charge in [0.1, 0.15) is 18.5 Å². The van der Waals surface area contributed by atoms with E-state index >= 15 is 0 Å². The zero-order valence-electron chi connectivity index (χ0n) is 19.3. The number of ether oxygens (including phenoxy) is 6. The number of nitrogens with one attached hydrogen (secondary N) is 1. The van der Waals surface area contributed by atoms with Gasteiger partial charge in [-0.15, -0.1) is 0 Å². The molecule has 1 amide bonds. The Morgan fingerprint density at radius 2 is 1.97 bits per heavy atom. The maximum atomic E-state index is 12.9. The molecule has 0 aromatic heterocycles. The van der Waals surface area contributed by atoms with E-state index in [1.165, 1.54) is 0 Å². The minimum absolute atomic E-state index is 0.0403. The van der Waals surface area contributed by atoms with Gasteiger partial charge in [0.2, 0.25) is 6.79 Å². The van der Waals surface area contributed by atoms with Crippen LogP contribution in [-0.2, 0) is 19.0 Å². The lowest BCUT2D eigenvalue weighted by molar-refractivity contribution is -0.142. The monoisotopic (exact) mass is 507 g/mol. The minimum Gasteiger partial charge on any atom is -0.491 e. The Kier molecular flexibility index (Phi) is 10.3. The Labute approximate surface area is 208 Å². The van der Waals surface area contributed by atoms with Crippen LogP contribution in [0.15, 0.2) is 42.5 Å². The van der Waals surface area contributed by atoms with E-state index in [2.05, 4.69) is 17.9 Å².